The molecule has 1 aliphatic carbocycles. The number of carbonyl (C=O) groups excluding carboxylic acids is 1. The largest absolute Gasteiger partial charge is 0.476 e. The van der Waals surface area contributed by atoms with E-state index in [1.165, 1.54) is 18.4 Å². The molecule has 0 unspecified atom stereocenters. The van der Waals surface area contributed by atoms with Crippen molar-refractivity contribution < 1.29 is 9.53 Å². The van der Waals surface area contributed by atoms with E-state index < -0.39 is 5.41 Å². The van der Waals surface area contributed by atoms with Gasteiger partial charge in [0.1, 0.15) is 6.61 Å². The molecule has 5 nitrogen and oxygen atoms in total. The van der Waals surface area contributed by atoms with Crippen molar-refractivity contribution in [3.8, 4) is 5.88 Å². The number of piperidine rings is 1. The molecular formula is C20H31N3O2. The molecule has 25 heavy (non-hydrogen) atoms. The Bertz CT molecular complexity index is 617. The summed E-state index contributed by atoms with van der Waals surface area (Å²) in [4.78, 5) is 19.5. The van der Waals surface area contributed by atoms with Crippen LogP contribution in [0.2, 0.25) is 0 Å². The smallest absolute Gasteiger partial charge is 0.229 e. The number of rotatable bonds is 6. The Hall–Kier alpha value is -1.62. The summed E-state index contributed by atoms with van der Waals surface area (Å²) >= 11 is 0. The van der Waals surface area contributed by atoms with E-state index in [0.717, 1.165) is 31.5 Å². The van der Waals surface area contributed by atoms with Crippen LogP contribution in [0.1, 0.15) is 56.6 Å². The zero-order valence-electron chi connectivity index (χ0n) is 16.0. The minimum Gasteiger partial charge on any atom is -0.476 e. The van der Waals surface area contributed by atoms with Crippen LogP contribution in [0, 0.1) is 12.3 Å². The highest BCUT2D eigenvalue weighted by Crippen LogP contribution is 2.44. The fraction of sp³-hybridized carbons (Fsp3) is 0.700. The highest BCUT2D eigenvalue weighted by Gasteiger charge is 2.33. The van der Waals surface area contributed by atoms with Crippen LogP contribution in [0.3, 0.4) is 0 Å². The van der Waals surface area contributed by atoms with Gasteiger partial charge in [-0.1, -0.05) is 0 Å². The Morgan fingerprint density at radius 3 is 2.64 bits per heavy atom. The predicted molar refractivity (Wildman–Crippen MR) is 98.9 cm³/mol. The van der Waals surface area contributed by atoms with Gasteiger partial charge in [-0.2, -0.15) is 0 Å². The minimum atomic E-state index is -0.573. The first-order valence-corrected chi connectivity index (χ1v) is 9.44. The van der Waals surface area contributed by atoms with Crippen LogP contribution in [0.5, 0.6) is 5.88 Å². The number of aromatic nitrogens is 1. The topological polar surface area (TPSA) is 54.5 Å². The molecule has 138 valence electrons. The molecular weight excluding hydrogens is 314 g/mol. The van der Waals surface area contributed by atoms with Gasteiger partial charge in [0.15, 0.2) is 0 Å². The maximum absolute atomic E-state index is 12.7. The molecule has 2 aliphatic rings. The van der Waals surface area contributed by atoms with E-state index in [9.17, 15) is 4.79 Å². The molecule has 1 amide bonds. The molecule has 1 aromatic heterocycles. The van der Waals surface area contributed by atoms with E-state index in [1.807, 2.05) is 20.0 Å². The van der Waals surface area contributed by atoms with Gasteiger partial charge >= 0.3 is 0 Å². The number of hydrogen-bond acceptors (Lipinski definition) is 4. The van der Waals surface area contributed by atoms with Crippen molar-refractivity contribution in [2.45, 2.75) is 58.4 Å². The number of ether oxygens (including phenoxy) is 1. The lowest BCUT2D eigenvalue weighted by molar-refractivity contribution is -0.131. The quantitative estimate of drug-likeness (QED) is 0.861. The first kappa shape index (κ1) is 18.2. The van der Waals surface area contributed by atoms with Crippen LogP contribution in [0.15, 0.2) is 12.3 Å². The summed E-state index contributed by atoms with van der Waals surface area (Å²) in [7, 11) is 2.13. The number of aryl methyl sites for hydroxylation is 1. The zero-order chi connectivity index (χ0) is 18.0. The molecule has 0 spiro atoms. The molecule has 0 radical (unpaired) electrons. The highest BCUT2D eigenvalue weighted by molar-refractivity contribution is 5.82. The van der Waals surface area contributed by atoms with Gasteiger partial charge in [0.2, 0.25) is 11.8 Å². The van der Waals surface area contributed by atoms with E-state index in [4.69, 9.17) is 4.74 Å². The second kappa shape index (κ2) is 7.32. The van der Waals surface area contributed by atoms with Gasteiger partial charge in [-0.15, -0.1) is 0 Å². The van der Waals surface area contributed by atoms with E-state index in [2.05, 4.69) is 35.2 Å². The second-order valence-electron chi connectivity index (χ2n) is 8.40. The van der Waals surface area contributed by atoms with E-state index in [0.29, 0.717) is 18.4 Å². The van der Waals surface area contributed by atoms with Crippen LogP contribution >= 0.6 is 0 Å². The molecule has 2 heterocycles. The summed E-state index contributed by atoms with van der Waals surface area (Å²) in [6.07, 6.45) is 6.30. The van der Waals surface area contributed by atoms with Crippen molar-refractivity contribution in [2.75, 3.05) is 26.7 Å². The van der Waals surface area contributed by atoms with Gasteiger partial charge in [-0.05, 0) is 84.1 Å². The monoisotopic (exact) mass is 345 g/mol. The highest BCUT2D eigenvalue weighted by atomic mass is 16.5. The van der Waals surface area contributed by atoms with Gasteiger partial charge in [0.05, 0.1) is 5.41 Å². The third-order valence-electron chi connectivity index (χ3n) is 5.27. The van der Waals surface area contributed by atoms with Crippen LogP contribution in [-0.4, -0.2) is 48.6 Å². The lowest BCUT2D eigenvalue weighted by Gasteiger charge is -2.32. The molecule has 0 bridgehead atoms. The second-order valence-corrected chi connectivity index (χ2v) is 8.40. The van der Waals surface area contributed by atoms with Crippen LogP contribution in [0.4, 0.5) is 0 Å². The lowest BCUT2D eigenvalue weighted by Crippen LogP contribution is -2.49. The standard InChI is InChI=1S/C20H31N3O2/c1-14-11-17(15-5-6-15)18(21-12-14)25-13-20(2,3)19(24)22-16-7-9-23(4)10-8-16/h11-12,15-16H,5-10,13H2,1-4H3,(H,22,24). The maximum atomic E-state index is 12.7. The molecule has 0 aromatic carbocycles. The molecule has 1 N–H and O–H groups in total. The van der Waals surface area contributed by atoms with Crippen LogP contribution in [-0.2, 0) is 4.79 Å². The fourth-order valence-electron chi connectivity index (χ4n) is 3.23. The summed E-state index contributed by atoms with van der Waals surface area (Å²) in [6, 6.07) is 2.45. The maximum Gasteiger partial charge on any atom is 0.229 e. The summed E-state index contributed by atoms with van der Waals surface area (Å²) < 4.78 is 6.01. The van der Waals surface area contributed by atoms with E-state index >= 15 is 0 Å². The number of nitrogens with one attached hydrogen (secondary N) is 1. The zero-order valence-corrected chi connectivity index (χ0v) is 16.0. The lowest BCUT2D eigenvalue weighted by atomic mass is 9.92. The first-order chi connectivity index (χ1) is 11.8. The number of amides is 1. The van der Waals surface area contributed by atoms with E-state index in [1.54, 1.807) is 0 Å². The third-order valence-corrected chi connectivity index (χ3v) is 5.27. The molecule has 1 saturated carbocycles. The Morgan fingerprint density at radius 2 is 2.00 bits per heavy atom. The average molecular weight is 345 g/mol. The first-order valence-electron chi connectivity index (χ1n) is 9.44. The SMILES string of the molecule is Cc1cnc(OCC(C)(C)C(=O)NC2CCN(C)CC2)c(C2CC2)c1. The number of pyridine rings is 1. The number of carbonyl (C=O) groups is 1. The summed E-state index contributed by atoms with van der Waals surface area (Å²) in [5.41, 5.74) is 1.79. The van der Waals surface area contributed by atoms with Crippen molar-refractivity contribution in [3.05, 3.63) is 23.4 Å². The van der Waals surface area contributed by atoms with Gasteiger partial charge in [0, 0.05) is 17.8 Å². The van der Waals surface area contributed by atoms with Crippen molar-refractivity contribution in [3.63, 3.8) is 0 Å². The molecule has 1 aromatic rings. The van der Waals surface area contributed by atoms with Crippen molar-refractivity contribution in [1.29, 1.82) is 0 Å². The van der Waals surface area contributed by atoms with Crippen molar-refractivity contribution in [1.82, 2.24) is 15.2 Å². The Balaban J connectivity index is 1.57. The van der Waals surface area contributed by atoms with Crippen molar-refractivity contribution >= 4 is 5.91 Å². The fourth-order valence-corrected chi connectivity index (χ4v) is 3.23. The molecule has 5 heteroatoms. The molecule has 3 rings (SSSR count). The number of likely N-dealkylation sites (tertiary alicyclic amines) is 1. The predicted octanol–water partition coefficient (Wildman–Crippen LogP) is 2.88. The van der Waals surface area contributed by atoms with Gasteiger partial charge in [0.25, 0.3) is 0 Å². The summed E-state index contributed by atoms with van der Waals surface area (Å²) in [5.74, 6) is 1.36. The molecule has 1 saturated heterocycles. The van der Waals surface area contributed by atoms with Crippen LogP contribution < -0.4 is 10.1 Å². The van der Waals surface area contributed by atoms with E-state index in [-0.39, 0.29) is 11.9 Å². The molecule has 0 atom stereocenters. The molecule has 1 aliphatic heterocycles. The normalized spacial score (nSPS) is 19.7. The Morgan fingerprint density at radius 1 is 1.32 bits per heavy atom. The van der Waals surface area contributed by atoms with Gasteiger partial charge < -0.3 is 15.0 Å². The average Bonchev–Trinajstić information content (AvgIpc) is 3.40. The number of hydrogen-bond donors (Lipinski definition) is 1. The Kier molecular flexibility index (Phi) is 5.32. The van der Waals surface area contributed by atoms with Crippen molar-refractivity contribution in [2.24, 2.45) is 5.41 Å². The minimum absolute atomic E-state index is 0.0714. The van der Waals surface area contributed by atoms with Gasteiger partial charge in [-0.25, -0.2) is 4.98 Å². The van der Waals surface area contributed by atoms with Gasteiger partial charge in [-0.3, -0.25) is 4.79 Å². The third kappa shape index (κ3) is 4.72. The van der Waals surface area contributed by atoms with Crippen LogP contribution in [0.25, 0.3) is 0 Å². The molecule has 2 fully saturated rings. The number of nitrogens with zero attached hydrogens (tertiary/aromatic N) is 2. The summed E-state index contributed by atoms with van der Waals surface area (Å²) in [5, 5.41) is 3.21. The Labute approximate surface area is 151 Å². The summed E-state index contributed by atoms with van der Waals surface area (Å²) in [6.45, 7) is 8.38.